The lowest BCUT2D eigenvalue weighted by molar-refractivity contribution is -0.137. The van der Waals surface area contributed by atoms with Gasteiger partial charge in [0.25, 0.3) is 0 Å². The summed E-state index contributed by atoms with van der Waals surface area (Å²) in [5.74, 6) is -0.0323. The van der Waals surface area contributed by atoms with Crippen molar-refractivity contribution in [1.29, 1.82) is 0 Å². The predicted molar refractivity (Wildman–Crippen MR) is 99.6 cm³/mol. The Kier molecular flexibility index (Phi) is 5.37. The van der Waals surface area contributed by atoms with Crippen molar-refractivity contribution in [1.82, 2.24) is 24.5 Å². The van der Waals surface area contributed by atoms with Crippen molar-refractivity contribution < 1.29 is 9.59 Å². The van der Waals surface area contributed by atoms with E-state index in [1.54, 1.807) is 11.9 Å². The summed E-state index contributed by atoms with van der Waals surface area (Å²) in [6.45, 7) is 11.3. The summed E-state index contributed by atoms with van der Waals surface area (Å²) in [4.78, 5) is 31.2. The number of carbonyl (C=O) groups excluding carboxylic acids is 2. The van der Waals surface area contributed by atoms with Gasteiger partial charge in [-0.25, -0.2) is 0 Å². The molecule has 7 heteroatoms. The van der Waals surface area contributed by atoms with Gasteiger partial charge in [-0.3, -0.25) is 19.2 Å². The second-order valence-electron chi connectivity index (χ2n) is 8.08. The maximum atomic E-state index is 13.1. The number of likely N-dealkylation sites (tertiary alicyclic amines) is 1. The van der Waals surface area contributed by atoms with Crippen molar-refractivity contribution in [3.8, 4) is 0 Å². The van der Waals surface area contributed by atoms with Crippen molar-refractivity contribution >= 4 is 11.8 Å². The van der Waals surface area contributed by atoms with Gasteiger partial charge in [0.1, 0.15) is 0 Å². The zero-order valence-corrected chi connectivity index (χ0v) is 16.4. The highest BCUT2D eigenvalue weighted by Gasteiger charge is 2.49. The minimum absolute atomic E-state index is 0.0689. The van der Waals surface area contributed by atoms with E-state index in [0.29, 0.717) is 6.42 Å². The molecule has 2 saturated heterocycles. The number of aryl methyl sites for hydroxylation is 1. The Hall–Kier alpha value is -1.89. The van der Waals surface area contributed by atoms with Gasteiger partial charge in [-0.2, -0.15) is 5.10 Å². The van der Waals surface area contributed by atoms with E-state index in [4.69, 9.17) is 0 Å². The monoisotopic (exact) mass is 361 g/mol. The quantitative estimate of drug-likeness (QED) is 0.802. The van der Waals surface area contributed by atoms with E-state index in [-0.39, 0.29) is 17.7 Å². The number of rotatable bonds is 4. The van der Waals surface area contributed by atoms with Crippen LogP contribution >= 0.6 is 0 Å². The molecule has 1 aromatic heterocycles. The van der Waals surface area contributed by atoms with Gasteiger partial charge in [-0.1, -0.05) is 0 Å². The summed E-state index contributed by atoms with van der Waals surface area (Å²) >= 11 is 0. The Labute approximate surface area is 155 Å². The number of amides is 2. The lowest BCUT2D eigenvalue weighted by Gasteiger charge is -2.35. The fourth-order valence-electron chi connectivity index (χ4n) is 4.01. The summed E-state index contributed by atoms with van der Waals surface area (Å²) in [7, 11) is 1.80. The van der Waals surface area contributed by atoms with Crippen LogP contribution in [0.2, 0.25) is 0 Å². The summed E-state index contributed by atoms with van der Waals surface area (Å²) in [6, 6.07) is 2.02. The van der Waals surface area contributed by atoms with Gasteiger partial charge in [0, 0.05) is 57.1 Å². The minimum Gasteiger partial charge on any atom is -0.341 e. The summed E-state index contributed by atoms with van der Waals surface area (Å²) in [5, 5.41) is 4.34. The van der Waals surface area contributed by atoms with E-state index in [1.165, 1.54) is 5.69 Å². The lowest BCUT2D eigenvalue weighted by Crippen LogP contribution is -2.48. The molecule has 26 heavy (non-hydrogen) atoms. The molecule has 1 unspecified atom stereocenters. The van der Waals surface area contributed by atoms with Gasteiger partial charge in [0.15, 0.2) is 0 Å². The molecule has 0 aliphatic carbocycles. The molecule has 0 radical (unpaired) electrons. The predicted octanol–water partition coefficient (Wildman–Crippen LogP) is 0.983. The van der Waals surface area contributed by atoms with Gasteiger partial charge < -0.3 is 9.80 Å². The molecule has 144 valence electrons. The highest BCUT2D eigenvalue weighted by molar-refractivity contribution is 5.91. The zero-order valence-electron chi connectivity index (χ0n) is 16.4. The van der Waals surface area contributed by atoms with Crippen LogP contribution in [-0.2, 0) is 16.1 Å². The number of aromatic nitrogens is 2. The molecular weight excluding hydrogens is 330 g/mol. The first-order valence-corrected chi connectivity index (χ1v) is 9.57. The van der Waals surface area contributed by atoms with Crippen LogP contribution in [0, 0.1) is 12.8 Å². The largest absolute Gasteiger partial charge is 0.341 e. The highest BCUT2D eigenvalue weighted by atomic mass is 16.2. The fourth-order valence-corrected chi connectivity index (χ4v) is 4.01. The number of carbonyl (C=O) groups is 2. The van der Waals surface area contributed by atoms with Gasteiger partial charge in [-0.05, 0) is 39.8 Å². The molecule has 0 spiro atoms. The van der Waals surface area contributed by atoms with Crippen LogP contribution < -0.4 is 0 Å². The van der Waals surface area contributed by atoms with Gasteiger partial charge in [0.05, 0.1) is 12.5 Å². The number of nitrogens with zero attached hydrogens (tertiary/aromatic N) is 5. The third kappa shape index (κ3) is 3.63. The number of hydrogen-bond acceptors (Lipinski definition) is 4. The van der Waals surface area contributed by atoms with Crippen LogP contribution in [0.3, 0.4) is 0 Å². The molecule has 2 aliphatic rings. The molecule has 0 saturated carbocycles. The standard InChI is InChI=1S/C19H31N5O2/c1-15-6-7-20-24(15)13-11-22-8-5-9-23(12-10-22)18(26)16-14-17(25)21(4)19(16,2)3/h6-7,16H,5,8-14H2,1-4H3. The third-order valence-corrected chi connectivity index (χ3v) is 6.23. The van der Waals surface area contributed by atoms with E-state index in [9.17, 15) is 9.59 Å². The minimum atomic E-state index is -0.405. The molecule has 0 bridgehead atoms. The van der Waals surface area contributed by atoms with E-state index in [0.717, 1.165) is 45.7 Å². The fraction of sp³-hybridized carbons (Fsp3) is 0.737. The second-order valence-corrected chi connectivity index (χ2v) is 8.08. The first kappa shape index (κ1) is 18.9. The molecule has 1 aromatic rings. The lowest BCUT2D eigenvalue weighted by atomic mass is 9.87. The topological polar surface area (TPSA) is 61.7 Å². The van der Waals surface area contributed by atoms with Gasteiger partial charge in [0.2, 0.25) is 11.8 Å². The molecular formula is C19H31N5O2. The summed E-state index contributed by atoms with van der Waals surface area (Å²) in [6.07, 6.45) is 3.14. The van der Waals surface area contributed by atoms with E-state index in [2.05, 4.69) is 16.9 Å². The van der Waals surface area contributed by atoms with Crippen molar-refractivity contribution in [3.05, 3.63) is 18.0 Å². The molecule has 3 rings (SSSR count). The van der Waals surface area contributed by atoms with Crippen molar-refractivity contribution in [2.75, 3.05) is 39.8 Å². The molecule has 1 atom stereocenters. The molecule has 0 N–H and O–H groups in total. The second kappa shape index (κ2) is 7.39. The molecule has 2 fully saturated rings. The van der Waals surface area contributed by atoms with Crippen LogP contribution in [0.25, 0.3) is 0 Å². The van der Waals surface area contributed by atoms with E-state index >= 15 is 0 Å². The Balaban J connectivity index is 1.56. The van der Waals surface area contributed by atoms with Crippen LogP contribution in [0.5, 0.6) is 0 Å². The van der Waals surface area contributed by atoms with Crippen molar-refractivity contribution in [2.24, 2.45) is 5.92 Å². The van der Waals surface area contributed by atoms with E-state index in [1.807, 2.05) is 35.7 Å². The first-order valence-electron chi connectivity index (χ1n) is 9.57. The summed E-state index contributed by atoms with van der Waals surface area (Å²) in [5.41, 5.74) is 0.770. The molecule has 3 heterocycles. The summed E-state index contributed by atoms with van der Waals surface area (Å²) < 4.78 is 2.02. The number of hydrogen-bond donors (Lipinski definition) is 0. The van der Waals surface area contributed by atoms with Crippen LogP contribution in [0.1, 0.15) is 32.4 Å². The van der Waals surface area contributed by atoms with Gasteiger partial charge in [-0.15, -0.1) is 0 Å². The Morgan fingerprint density at radius 2 is 2.00 bits per heavy atom. The maximum absolute atomic E-state index is 13.1. The van der Waals surface area contributed by atoms with Crippen LogP contribution in [-0.4, -0.2) is 81.6 Å². The van der Waals surface area contributed by atoms with Crippen LogP contribution in [0.4, 0.5) is 0 Å². The smallest absolute Gasteiger partial charge is 0.228 e. The average molecular weight is 361 g/mol. The van der Waals surface area contributed by atoms with Crippen LogP contribution in [0.15, 0.2) is 12.3 Å². The first-order chi connectivity index (χ1) is 12.3. The van der Waals surface area contributed by atoms with Gasteiger partial charge >= 0.3 is 0 Å². The van der Waals surface area contributed by atoms with Crippen molar-refractivity contribution in [3.63, 3.8) is 0 Å². The Morgan fingerprint density at radius 3 is 2.62 bits per heavy atom. The Morgan fingerprint density at radius 1 is 1.23 bits per heavy atom. The Bertz CT molecular complexity index is 669. The van der Waals surface area contributed by atoms with Crippen molar-refractivity contribution in [2.45, 2.75) is 45.7 Å². The molecule has 2 amide bonds. The molecule has 2 aliphatic heterocycles. The molecule has 7 nitrogen and oxygen atoms in total. The third-order valence-electron chi connectivity index (χ3n) is 6.23. The zero-order chi connectivity index (χ0) is 18.9. The molecule has 0 aromatic carbocycles. The average Bonchev–Trinajstić information content (AvgIpc) is 2.98. The van der Waals surface area contributed by atoms with E-state index < -0.39 is 5.54 Å². The maximum Gasteiger partial charge on any atom is 0.228 e. The normalized spacial score (nSPS) is 24.2. The highest BCUT2D eigenvalue weighted by Crippen LogP contribution is 2.35. The SMILES string of the molecule is Cc1ccnn1CCN1CCCN(C(=O)C2CC(=O)N(C)C2(C)C)CC1.